The number of aryl methyl sites for hydroxylation is 3. The molecular weight excluding hydrogens is 348 g/mol. The number of hydrogen-bond acceptors (Lipinski definition) is 2. The lowest BCUT2D eigenvalue weighted by molar-refractivity contribution is -0.140. The average molecular weight is 381 g/mol. The van der Waals surface area contributed by atoms with Crippen LogP contribution >= 0.6 is 0 Å². The molecule has 150 valence electrons. The van der Waals surface area contributed by atoms with Gasteiger partial charge in [-0.2, -0.15) is 0 Å². The molecule has 1 N–H and O–H groups in total. The van der Waals surface area contributed by atoms with Crippen LogP contribution in [0.15, 0.2) is 48.5 Å². The van der Waals surface area contributed by atoms with Crippen molar-refractivity contribution in [2.45, 2.75) is 59.5 Å². The summed E-state index contributed by atoms with van der Waals surface area (Å²) in [7, 11) is 0. The van der Waals surface area contributed by atoms with Gasteiger partial charge in [0.1, 0.15) is 6.04 Å². The molecule has 0 saturated heterocycles. The summed E-state index contributed by atoms with van der Waals surface area (Å²) in [6.45, 7) is 8.85. The van der Waals surface area contributed by atoms with Crippen LogP contribution in [-0.4, -0.2) is 29.3 Å². The summed E-state index contributed by atoms with van der Waals surface area (Å²) in [4.78, 5) is 27.2. The van der Waals surface area contributed by atoms with Crippen molar-refractivity contribution in [2.24, 2.45) is 0 Å². The number of benzene rings is 2. The van der Waals surface area contributed by atoms with Gasteiger partial charge in [0.05, 0.1) is 0 Å². The lowest BCUT2D eigenvalue weighted by Crippen LogP contribution is -2.47. The van der Waals surface area contributed by atoms with Gasteiger partial charge in [-0.1, -0.05) is 55.5 Å². The number of likely N-dealkylation sites (N-methyl/N-ethyl adjacent to an activating group) is 1. The van der Waals surface area contributed by atoms with Gasteiger partial charge in [-0.05, 0) is 55.9 Å². The van der Waals surface area contributed by atoms with E-state index in [1.165, 1.54) is 5.56 Å². The summed E-state index contributed by atoms with van der Waals surface area (Å²) in [6.07, 6.45) is 2.07. The maximum Gasteiger partial charge on any atom is 0.242 e. The minimum atomic E-state index is -0.505. The summed E-state index contributed by atoms with van der Waals surface area (Å²) in [6, 6.07) is 15.9. The second kappa shape index (κ2) is 10.6. The molecule has 4 nitrogen and oxygen atoms in total. The van der Waals surface area contributed by atoms with Gasteiger partial charge >= 0.3 is 0 Å². The first-order valence-electron chi connectivity index (χ1n) is 10.2. The van der Waals surface area contributed by atoms with Gasteiger partial charge in [-0.3, -0.25) is 9.59 Å². The van der Waals surface area contributed by atoms with Crippen LogP contribution in [0, 0.1) is 6.92 Å². The minimum Gasteiger partial charge on any atom is -0.355 e. The molecule has 2 aromatic rings. The Kier molecular flexibility index (Phi) is 8.24. The Morgan fingerprint density at radius 1 is 1.00 bits per heavy atom. The molecule has 0 aliphatic rings. The van der Waals surface area contributed by atoms with Crippen LogP contribution in [0.1, 0.15) is 49.4 Å². The zero-order valence-corrected chi connectivity index (χ0v) is 17.5. The molecular formula is C24H32N2O2. The molecule has 0 bridgehead atoms. The number of nitrogens with zero attached hydrogens (tertiary/aromatic N) is 1. The van der Waals surface area contributed by atoms with Crippen LogP contribution in [0.25, 0.3) is 0 Å². The first-order chi connectivity index (χ1) is 13.5. The van der Waals surface area contributed by atoms with Gasteiger partial charge in [-0.25, -0.2) is 0 Å². The molecule has 28 heavy (non-hydrogen) atoms. The molecule has 1 atom stereocenters. The Balaban J connectivity index is 2.12. The van der Waals surface area contributed by atoms with E-state index in [0.717, 1.165) is 23.1 Å². The third-order valence-corrected chi connectivity index (χ3v) is 5.18. The molecule has 0 aliphatic heterocycles. The summed E-state index contributed by atoms with van der Waals surface area (Å²) in [5.74, 6) is -0.113. The summed E-state index contributed by atoms with van der Waals surface area (Å²) >= 11 is 0. The maximum atomic E-state index is 13.1. The van der Waals surface area contributed by atoms with E-state index in [1.54, 1.807) is 11.8 Å². The van der Waals surface area contributed by atoms with Crippen LogP contribution < -0.4 is 5.32 Å². The SMILES string of the molecule is CCNC(=O)[C@H](C)N(Cc1ccccc1C)C(=O)CCc1ccc(CC)cc1. The standard InChI is InChI=1S/C24H32N2O2/c1-5-20-11-13-21(14-12-20)15-16-23(27)26(19(4)24(28)25-6-2)17-22-10-8-7-9-18(22)3/h7-14,19H,5-6,15-17H2,1-4H3,(H,25,28)/t19-/m0/s1. The van der Waals surface area contributed by atoms with Crippen LogP contribution in [-0.2, 0) is 29.0 Å². The molecule has 0 radical (unpaired) electrons. The maximum absolute atomic E-state index is 13.1. The quantitative estimate of drug-likeness (QED) is 0.714. The van der Waals surface area contributed by atoms with Crippen molar-refractivity contribution in [1.82, 2.24) is 10.2 Å². The largest absolute Gasteiger partial charge is 0.355 e. The highest BCUT2D eigenvalue weighted by molar-refractivity contribution is 5.87. The van der Waals surface area contributed by atoms with E-state index in [1.807, 2.05) is 38.1 Å². The van der Waals surface area contributed by atoms with Crippen LogP contribution in [0.4, 0.5) is 0 Å². The van der Waals surface area contributed by atoms with Gasteiger partial charge in [0, 0.05) is 19.5 Å². The number of amides is 2. The average Bonchev–Trinajstić information content (AvgIpc) is 2.71. The molecule has 0 heterocycles. The third-order valence-electron chi connectivity index (χ3n) is 5.18. The third kappa shape index (κ3) is 5.95. The Labute approximate surface area is 169 Å². The molecule has 2 aromatic carbocycles. The van der Waals surface area contributed by atoms with Gasteiger partial charge in [0.15, 0.2) is 0 Å². The molecule has 2 amide bonds. The number of hydrogen-bond donors (Lipinski definition) is 1. The molecule has 0 fully saturated rings. The second-order valence-electron chi connectivity index (χ2n) is 7.19. The molecule has 2 rings (SSSR count). The van der Waals surface area contributed by atoms with Crippen molar-refractivity contribution in [3.63, 3.8) is 0 Å². The smallest absolute Gasteiger partial charge is 0.242 e. The molecule has 4 heteroatoms. The lowest BCUT2D eigenvalue weighted by atomic mass is 10.0. The first-order valence-corrected chi connectivity index (χ1v) is 10.2. The van der Waals surface area contributed by atoms with Crippen molar-refractivity contribution in [2.75, 3.05) is 6.54 Å². The zero-order valence-electron chi connectivity index (χ0n) is 17.5. The van der Waals surface area contributed by atoms with Crippen LogP contribution in [0.3, 0.4) is 0 Å². The van der Waals surface area contributed by atoms with E-state index in [4.69, 9.17) is 0 Å². The number of nitrogens with one attached hydrogen (secondary N) is 1. The van der Waals surface area contributed by atoms with E-state index in [0.29, 0.717) is 25.9 Å². The fourth-order valence-electron chi connectivity index (χ4n) is 3.21. The van der Waals surface area contributed by atoms with E-state index in [-0.39, 0.29) is 11.8 Å². The van der Waals surface area contributed by atoms with Crippen molar-refractivity contribution in [3.8, 4) is 0 Å². The highest BCUT2D eigenvalue weighted by Gasteiger charge is 2.25. The van der Waals surface area contributed by atoms with E-state index in [2.05, 4.69) is 36.5 Å². The molecule has 0 aliphatic carbocycles. The van der Waals surface area contributed by atoms with Gasteiger partial charge in [-0.15, -0.1) is 0 Å². The highest BCUT2D eigenvalue weighted by Crippen LogP contribution is 2.16. The number of rotatable bonds is 9. The van der Waals surface area contributed by atoms with E-state index >= 15 is 0 Å². The summed E-state index contributed by atoms with van der Waals surface area (Å²) in [5.41, 5.74) is 4.63. The molecule has 0 unspecified atom stereocenters. The zero-order chi connectivity index (χ0) is 20.5. The van der Waals surface area contributed by atoms with Crippen molar-refractivity contribution < 1.29 is 9.59 Å². The number of carbonyl (C=O) groups excluding carboxylic acids is 2. The predicted molar refractivity (Wildman–Crippen MR) is 114 cm³/mol. The Morgan fingerprint density at radius 2 is 1.64 bits per heavy atom. The molecule has 0 spiro atoms. The summed E-state index contributed by atoms with van der Waals surface area (Å²) < 4.78 is 0. The lowest BCUT2D eigenvalue weighted by Gasteiger charge is -2.29. The predicted octanol–water partition coefficient (Wildman–Crippen LogP) is 4.04. The Bertz CT molecular complexity index is 783. The van der Waals surface area contributed by atoms with Crippen LogP contribution in [0.5, 0.6) is 0 Å². The topological polar surface area (TPSA) is 49.4 Å². The summed E-state index contributed by atoms with van der Waals surface area (Å²) in [5, 5.41) is 2.83. The van der Waals surface area contributed by atoms with Crippen molar-refractivity contribution in [3.05, 3.63) is 70.8 Å². The van der Waals surface area contributed by atoms with Crippen LogP contribution in [0.2, 0.25) is 0 Å². The molecule has 0 saturated carbocycles. The van der Waals surface area contributed by atoms with Crippen molar-refractivity contribution in [1.29, 1.82) is 0 Å². The minimum absolute atomic E-state index is 0.00146. The Hall–Kier alpha value is -2.62. The highest BCUT2D eigenvalue weighted by atomic mass is 16.2. The monoisotopic (exact) mass is 380 g/mol. The second-order valence-corrected chi connectivity index (χ2v) is 7.19. The van der Waals surface area contributed by atoms with E-state index in [9.17, 15) is 9.59 Å². The first kappa shape index (κ1) is 21.7. The van der Waals surface area contributed by atoms with E-state index < -0.39 is 6.04 Å². The van der Waals surface area contributed by atoms with Crippen molar-refractivity contribution >= 4 is 11.8 Å². The molecule has 0 aromatic heterocycles. The van der Waals surface area contributed by atoms with Gasteiger partial charge < -0.3 is 10.2 Å². The normalized spacial score (nSPS) is 11.7. The fourth-order valence-corrected chi connectivity index (χ4v) is 3.21. The van der Waals surface area contributed by atoms with Gasteiger partial charge in [0.25, 0.3) is 0 Å². The number of carbonyl (C=O) groups is 2. The fraction of sp³-hybridized carbons (Fsp3) is 0.417. The Morgan fingerprint density at radius 3 is 2.25 bits per heavy atom. The van der Waals surface area contributed by atoms with Gasteiger partial charge in [0.2, 0.25) is 11.8 Å².